The lowest BCUT2D eigenvalue weighted by atomic mass is 10.1. The maximum Gasteiger partial charge on any atom is 0.206 e. The number of carbonyl (C=O) groups excluding carboxylic acids is 1. The lowest BCUT2D eigenvalue weighted by Crippen LogP contribution is -1.98. The third kappa shape index (κ3) is 3.38. The third-order valence-electron chi connectivity index (χ3n) is 2.92. The van der Waals surface area contributed by atoms with Crippen LogP contribution in [0.4, 0.5) is 10.8 Å². The molecule has 6 heteroatoms. The van der Waals surface area contributed by atoms with Crippen LogP contribution in [0.25, 0.3) is 0 Å². The van der Waals surface area contributed by atoms with Crippen LogP contribution in [-0.4, -0.2) is 10.8 Å². The van der Waals surface area contributed by atoms with Crippen molar-refractivity contribution in [1.82, 2.24) is 4.98 Å². The normalized spacial score (nSPS) is 10.5. The van der Waals surface area contributed by atoms with Crippen molar-refractivity contribution in [3.05, 3.63) is 74.7 Å². The molecule has 2 aromatic carbocycles. The Bertz CT molecular complexity index is 834. The topological polar surface area (TPSA) is 42.0 Å². The van der Waals surface area contributed by atoms with E-state index in [9.17, 15) is 4.79 Å². The number of hydrogen-bond donors (Lipinski definition) is 1. The molecule has 22 heavy (non-hydrogen) atoms. The van der Waals surface area contributed by atoms with Crippen molar-refractivity contribution in [3.63, 3.8) is 0 Å². The first kappa shape index (κ1) is 15.2. The molecule has 0 unspecified atom stereocenters. The molecule has 0 radical (unpaired) electrons. The summed E-state index contributed by atoms with van der Waals surface area (Å²) in [6, 6.07) is 14.8. The first-order valence-corrected chi connectivity index (χ1v) is 8.40. The fourth-order valence-corrected chi connectivity index (χ4v) is 3.32. The van der Waals surface area contributed by atoms with Gasteiger partial charge in [0, 0.05) is 15.7 Å². The predicted molar refractivity (Wildman–Crippen MR) is 94.4 cm³/mol. The molecule has 0 bridgehead atoms. The van der Waals surface area contributed by atoms with E-state index in [1.807, 2.05) is 24.3 Å². The second-order valence-corrected chi connectivity index (χ2v) is 6.83. The van der Waals surface area contributed by atoms with Gasteiger partial charge in [0.05, 0.1) is 16.1 Å². The van der Waals surface area contributed by atoms with Crippen LogP contribution >= 0.6 is 38.9 Å². The van der Waals surface area contributed by atoms with Crippen LogP contribution in [0.5, 0.6) is 0 Å². The summed E-state index contributed by atoms with van der Waals surface area (Å²) in [5.41, 5.74) is 1.39. The summed E-state index contributed by atoms with van der Waals surface area (Å²) >= 11 is 10.8. The first-order valence-electron chi connectivity index (χ1n) is 6.41. The number of nitrogens with one attached hydrogen (secondary N) is 1. The van der Waals surface area contributed by atoms with Gasteiger partial charge in [-0.05, 0) is 30.3 Å². The van der Waals surface area contributed by atoms with Crippen LogP contribution in [0.2, 0.25) is 5.02 Å². The quantitative estimate of drug-likeness (QED) is 0.592. The molecular weight excluding hydrogens is 384 g/mol. The minimum atomic E-state index is -0.120. The molecule has 0 aliphatic rings. The van der Waals surface area contributed by atoms with E-state index in [4.69, 9.17) is 11.6 Å². The first-order chi connectivity index (χ1) is 10.6. The smallest absolute Gasteiger partial charge is 0.206 e. The Hall–Kier alpha value is -1.69. The highest BCUT2D eigenvalue weighted by Crippen LogP contribution is 2.27. The predicted octanol–water partition coefficient (Wildman–Crippen LogP) is 5.53. The number of nitrogens with zero attached hydrogens (tertiary/aromatic N) is 1. The second-order valence-electron chi connectivity index (χ2n) is 4.47. The zero-order chi connectivity index (χ0) is 15.5. The summed E-state index contributed by atoms with van der Waals surface area (Å²) in [4.78, 5) is 17.2. The molecule has 0 aliphatic heterocycles. The van der Waals surface area contributed by atoms with Gasteiger partial charge >= 0.3 is 0 Å². The Kier molecular flexibility index (Phi) is 4.57. The highest BCUT2D eigenvalue weighted by Gasteiger charge is 2.15. The van der Waals surface area contributed by atoms with Crippen LogP contribution in [0.15, 0.2) is 59.2 Å². The maximum absolute atomic E-state index is 12.4. The molecule has 0 amide bonds. The molecule has 110 valence electrons. The van der Waals surface area contributed by atoms with E-state index in [1.165, 1.54) is 11.3 Å². The number of halogens is 2. The molecule has 1 heterocycles. The van der Waals surface area contributed by atoms with Gasteiger partial charge in [0.25, 0.3) is 0 Å². The van der Waals surface area contributed by atoms with Gasteiger partial charge < -0.3 is 5.32 Å². The van der Waals surface area contributed by atoms with Crippen molar-refractivity contribution in [2.75, 3.05) is 5.32 Å². The summed E-state index contributed by atoms with van der Waals surface area (Å²) in [6.45, 7) is 0. The molecule has 3 aromatic rings. The van der Waals surface area contributed by atoms with Gasteiger partial charge in [-0.3, -0.25) is 4.79 Å². The number of thiazole rings is 1. The minimum Gasteiger partial charge on any atom is -0.332 e. The van der Waals surface area contributed by atoms with E-state index < -0.39 is 0 Å². The SMILES string of the molecule is O=C(c1cnc(Nc2cccc(Br)c2)s1)c1ccccc1Cl. The van der Waals surface area contributed by atoms with E-state index in [1.54, 1.807) is 30.5 Å². The Morgan fingerprint density at radius 2 is 2.00 bits per heavy atom. The van der Waals surface area contributed by atoms with Crippen LogP contribution < -0.4 is 5.32 Å². The molecule has 0 atom stereocenters. The van der Waals surface area contributed by atoms with E-state index in [0.29, 0.717) is 20.6 Å². The van der Waals surface area contributed by atoms with E-state index in [0.717, 1.165) is 10.2 Å². The molecule has 0 saturated heterocycles. The fourth-order valence-electron chi connectivity index (χ4n) is 1.90. The number of carbonyl (C=O) groups is 1. The zero-order valence-electron chi connectivity index (χ0n) is 11.2. The van der Waals surface area contributed by atoms with Crippen LogP contribution in [0.1, 0.15) is 15.2 Å². The van der Waals surface area contributed by atoms with Crippen molar-refractivity contribution in [2.45, 2.75) is 0 Å². The number of benzene rings is 2. The Morgan fingerprint density at radius 1 is 1.18 bits per heavy atom. The Balaban J connectivity index is 1.82. The third-order valence-corrected chi connectivity index (χ3v) is 4.66. The molecule has 0 spiro atoms. The van der Waals surface area contributed by atoms with Gasteiger partial charge in [0.2, 0.25) is 5.78 Å². The van der Waals surface area contributed by atoms with Gasteiger partial charge in [-0.1, -0.05) is 57.1 Å². The molecule has 3 rings (SSSR count). The molecule has 0 fully saturated rings. The van der Waals surface area contributed by atoms with Crippen molar-refractivity contribution in [1.29, 1.82) is 0 Å². The zero-order valence-corrected chi connectivity index (χ0v) is 14.4. The average molecular weight is 394 g/mol. The van der Waals surface area contributed by atoms with Gasteiger partial charge in [0.1, 0.15) is 0 Å². The van der Waals surface area contributed by atoms with Crippen LogP contribution in [-0.2, 0) is 0 Å². The van der Waals surface area contributed by atoms with Crippen molar-refractivity contribution >= 4 is 55.5 Å². The summed E-state index contributed by atoms with van der Waals surface area (Å²) in [5, 5.41) is 4.29. The number of aromatic nitrogens is 1. The highest BCUT2D eigenvalue weighted by molar-refractivity contribution is 9.10. The minimum absolute atomic E-state index is 0.120. The molecule has 1 N–H and O–H groups in total. The maximum atomic E-state index is 12.4. The molecular formula is C16H10BrClN2OS. The van der Waals surface area contributed by atoms with Gasteiger partial charge in [-0.2, -0.15) is 0 Å². The number of anilines is 2. The lowest BCUT2D eigenvalue weighted by molar-refractivity contribution is 0.104. The van der Waals surface area contributed by atoms with Crippen molar-refractivity contribution < 1.29 is 4.79 Å². The highest BCUT2D eigenvalue weighted by atomic mass is 79.9. The Morgan fingerprint density at radius 3 is 2.77 bits per heavy atom. The van der Waals surface area contributed by atoms with Gasteiger partial charge in [-0.25, -0.2) is 4.98 Å². The van der Waals surface area contributed by atoms with E-state index >= 15 is 0 Å². The van der Waals surface area contributed by atoms with Crippen LogP contribution in [0, 0.1) is 0 Å². The lowest BCUT2D eigenvalue weighted by Gasteiger charge is -2.02. The summed E-state index contributed by atoms with van der Waals surface area (Å²) in [5.74, 6) is -0.120. The molecule has 1 aromatic heterocycles. The monoisotopic (exact) mass is 392 g/mol. The van der Waals surface area contributed by atoms with Crippen LogP contribution in [0.3, 0.4) is 0 Å². The molecule has 0 aliphatic carbocycles. The summed E-state index contributed by atoms with van der Waals surface area (Å²) in [7, 11) is 0. The van der Waals surface area contributed by atoms with Gasteiger partial charge in [-0.15, -0.1) is 0 Å². The summed E-state index contributed by atoms with van der Waals surface area (Å²) < 4.78 is 0.974. The Labute approximate surface area is 145 Å². The number of rotatable bonds is 4. The number of ketones is 1. The fraction of sp³-hybridized carbons (Fsp3) is 0. The standard InChI is InChI=1S/C16H10BrClN2OS/c17-10-4-3-5-11(8-10)20-16-19-9-14(22-16)15(21)12-6-1-2-7-13(12)18/h1-9H,(H,19,20). The molecule has 0 saturated carbocycles. The number of hydrogen-bond acceptors (Lipinski definition) is 4. The molecule has 3 nitrogen and oxygen atoms in total. The largest absolute Gasteiger partial charge is 0.332 e. The average Bonchev–Trinajstić information content (AvgIpc) is 2.95. The van der Waals surface area contributed by atoms with Crippen molar-refractivity contribution in [3.8, 4) is 0 Å². The van der Waals surface area contributed by atoms with Gasteiger partial charge in [0.15, 0.2) is 5.13 Å². The second kappa shape index (κ2) is 6.60. The summed E-state index contributed by atoms with van der Waals surface area (Å²) in [6.07, 6.45) is 1.57. The van der Waals surface area contributed by atoms with E-state index in [2.05, 4.69) is 26.2 Å². The van der Waals surface area contributed by atoms with E-state index in [-0.39, 0.29) is 5.78 Å². The van der Waals surface area contributed by atoms with Crippen molar-refractivity contribution in [2.24, 2.45) is 0 Å².